The molecule has 0 bridgehead atoms. The predicted octanol–water partition coefficient (Wildman–Crippen LogP) is 4.52. The Hall–Kier alpha value is -1.86. The normalized spacial score (nSPS) is 13.5. The summed E-state index contributed by atoms with van der Waals surface area (Å²) in [5.41, 5.74) is 1.98. The Morgan fingerprint density at radius 1 is 1.21 bits per heavy atom. The summed E-state index contributed by atoms with van der Waals surface area (Å²) in [5.74, 6) is 0.953. The van der Waals surface area contributed by atoms with Gasteiger partial charge >= 0.3 is 0 Å². The fourth-order valence-corrected chi connectivity index (χ4v) is 3.91. The van der Waals surface area contributed by atoms with E-state index in [1.165, 1.54) is 17.3 Å². The molecule has 0 aliphatic carbocycles. The monoisotopic (exact) mass is 403 g/mol. The summed E-state index contributed by atoms with van der Waals surface area (Å²) < 4.78 is 2.19. The van der Waals surface area contributed by atoms with Crippen LogP contribution in [0.2, 0.25) is 0 Å². The number of thioether (sulfide) groups is 1. The van der Waals surface area contributed by atoms with Gasteiger partial charge in [0.25, 0.3) is 0 Å². The number of rotatable bonds is 10. The fraction of sp³-hybridized carbons (Fsp3) is 0.571. The maximum atomic E-state index is 12.6. The zero-order chi connectivity index (χ0) is 20.7. The van der Waals surface area contributed by atoms with Crippen molar-refractivity contribution in [3.05, 3.63) is 35.7 Å². The van der Waals surface area contributed by atoms with Gasteiger partial charge in [0.15, 0.2) is 11.0 Å². The second kappa shape index (κ2) is 10.6. The van der Waals surface area contributed by atoms with Crippen LogP contribution in [0, 0.1) is 6.92 Å². The Morgan fingerprint density at radius 3 is 2.46 bits per heavy atom. The first-order valence-corrected chi connectivity index (χ1v) is 10.9. The van der Waals surface area contributed by atoms with E-state index in [2.05, 4.69) is 52.9 Å². The van der Waals surface area contributed by atoms with E-state index in [0.29, 0.717) is 0 Å². The van der Waals surface area contributed by atoms with Crippen molar-refractivity contribution in [2.45, 2.75) is 70.0 Å². The molecule has 2 rings (SSSR count). The summed E-state index contributed by atoms with van der Waals surface area (Å²) in [4.78, 5) is 14.8. The lowest BCUT2D eigenvalue weighted by Gasteiger charge is -2.23. The Morgan fingerprint density at radius 2 is 1.89 bits per heavy atom. The van der Waals surface area contributed by atoms with Crippen molar-refractivity contribution in [2.24, 2.45) is 0 Å². The summed E-state index contributed by atoms with van der Waals surface area (Å²) in [7, 11) is 4.13. The third kappa shape index (κ3) is 5.82. The highest BCUT2D eigenvalue weighted by Gasteiger charge is 2.24. The lowest BCUT2D eigenvalue weighted by atomic mass is 10.2. The quantitative estimate of drug-likeness (QED) is 0.591. The van der Waals surface area contributed by atoms with Gasteiger partial charge in [0, 0.05) is 12.2 Å². The average Bonchev–Trinajstić information content (AvgIpc) is 3.04. The van der Waals surface area contributed by atoms with E-state index in [0.717, 1.165) is 42.5 Å². The van der Waals surface area contributed by atoms with Gasteiger partial charge in [-0.25, -0.2) is 0 Å². The lowest BCUT2D eigenvalue weighted by molar-refractivity contribution is -0.115. The minimum Gasteiger partial charge on any atom is -0.325 e. The van der Waals surface area contributed by atoms with E-state index in [4.69, 9.17) is 0 Å². The van der Waals surface area contributed by atoms with Gasteiger partial charge in [-0.1, -0.05) is 49.7 Å². The number of carbonyl (C=O) groups excluding carboxylic acids is 1. The maximum Gasteiger partial charge on any atom is 0.237 e. The van der Waals surface area contributed by atoms with Gasteiger partial charge in [0.2, 0.25) is 5.91 Å². The average molecular weight is 404 g/mol. The molecule has 0 fully saturated rings. The standard InChI is InChI=1S/C21H33N5OS/c1-7-9-14-26-19(18(8-2)25(5)6)23-24-21(26)28-16(4)20(27)22-17-12-10-15(3)11-13-17/h10-13,16,18H,7-9,14H2,1-6H3,(H,22,27)/t16-,18+/m0/s1. The number of amides is 1. The molecule has 1 N–H and O–H groups in total. The molecule has 0 aliphatic rings. The van der Waals surface area contributed by atoms with Crippen LogP contribution in [0.1, 0.15) is 57.5 Å². The second-order valence-electron chi connectivity index (χ2n) is 7.35. The van der Waals surface area contributed by atoms with E-state index in [-0.39, 0.29) is 17.2 Å². The number of hydrogen-bond donors (Lipinski definition) is 1. The summed E-state index contributed by atoms with van der Waals surface area (Å²) in [6, 6.07) is 8.06. The largest absolute Gasteiger partial charge is 0.325 e. The summed E-state index contributed by atoms with van der Waals surface area (Å²) >= 11 is 1.47. The van der Waals surface area contributed by atoms with Gasteiger partial charge in [-0.15, -0.1) is 10.2 Å². The van der Waals surface area contributed by atoms with Crippen LogP contribution in [-0.4, -0.2) is 44.9 Å². The topological polar surface area (TPSA) is 63.1 Å². The van der Waals surface area contributed by atoms with Crippen LogP contribution < -0.4 is 5.32 Å². The third-order valence-electron chi connectivity index (χ3n) is 4.76. The highest BCUT2D eigenvalue weighted by atomic mass is 32.2. The van der Waals surface area contributed by atoms with Crippen LogP contribution in [0.25, 0.3) is 0 Å². The highest BCUT2D eigenvalue weighted by molar-refractivity contribution is 8.00. The van der Waals surface area contributed by atoms with Crippen molar-refractivity contribution in [1.82, 2.24) is 19.7 Å². The van der Waals surface area contributed by atoms with Crippen molar-refractivity contribution in [2.75, 3.05) is 19.4 Å². The molecule has 0 spiro atoms. The minimum absolute atomic E-state index is 0.0277. The molecule has 0 saturated carbocycles. The molecule has 1 amide bonds. The molecule has 154 valence electrons. The molecule has 0 unspecified atom stereocenters. The van der Waals surface area contributed by atoms with E-state index in [9.17, 15) is 4.79 Å². The van der Waals surface area contributed by atoms with Crippen molar-refractivity contribution < 1.29 is 4.79 Å². The minimum atomic E-state index is -0.266. The molecule has 7 heteroatoms. The molecule has 0 aliphatic heterocycles. The van der Waals surface area contributed by atoms with Crippen molar-refractivity contribution in [1.29, 1.82) is 0 Å². The molecule has 28 heavy (non-hydrogen) atoms. The molecule has 6 nitrogen and oxygen atoms in total. The molecule has 1 aromatic heterocycles. The number of nitrogens with zero attached hydrogens (tertiary/aromatic N) is 4. The Balaban J connectivity index is 2.15. The molecule has 0 radical (unpaired) electrons. The van der Waals surface area contributed by atoms with Crippen LogP contribution in [0.15, 0.2) is 29.4 Å². The SMILES string of the molecule is CCCCn1c(S[C@@H](C)C(=O)Nc2ccc(C)cc2)nnc1[C@@H](CC)N(C)C. The number of aromatic nitrogens is 3. The van der Waals surface area contributed by atoms with Gasteiger partial charge in [0.05, 0.1) is 11.3 Å². The molecular formula is C21H33N5OS. The maximum absolute atomic E-state index is 12.6. The van der Waals surface area contributed by atoms with Gasteiger partial charge in [-0.2, -0.15) is 0 Å². The molecule has 1 heterocycles. The molecule has 1 aromatic carbocycles. The Kier molecular flexibility index (Phi) is 8.51. The molecular weight excluding hydrogens is 370 g/mol. The van der Waals surface area contributed by atoms with E-state index in [1.54, 1.807) is 0 Å². The third-order valence-corrected chi connectivity index (χ3v) is 5.84. The molecule has 0 saturated heterocycles. The van der Waals surface area contributed by atoms with E-state index >= 15 is 0 Å². The van der Waals surface area contributed by atoms with Gasteiger partial charge < -0.3 is 9.88 Å². The number of anilines is 1. The number of carbonyl (C=O) groups is 1. The fourth-order valence-electron chi connectivity index (χ4n) is 3.03. The van der Waals surface area contributed by atoms with Crippen LogP contribution in [-0.2, 0) is 11.3 Å². The van der Waals surface area contributed by atoms with Crippen molar-refractivity contribution in [3.63, 3.8) is 0 Å². The van der Waals surface area contributed by atoms with E-state index in [1.807, 2.05) is 38.1 Å². The van der Waals surface area contributed by atoms with E-state index < -0.39 is 0 Å². The zero-order valence-corrected chi connectivity index (χ0v) is 18.7. The summed E-state index contributed by atoms with van der Waals surface area (Å²) in [6.07, 6.45) is 3.13. The predicted molar refractivity (Wildman–Crippen MR) is 117 cm³/mol. The molecule has 2 atom stereocenters. The van der Waals surface area contributed by atoms with Crippen LogP contribution in [0.5, 0.6) is 0 Å². The number of aryl methyl sites for hydroxylation is 1. The number of unbranched alkanes of at least 4 members (excludes halogenated alkanes) is 1. The summed E-state index contributed by atoms with van der Waals surface area (Å²) in [5, 5.41) is 12.5. The number of benzene rings is 1. The number of hydrogen-bond acceptors (Lipinski definition) is 5. The Bertz CT molecular complexity index is 757. The van der Waals surface area contributed by atoms with Gasteiger partial charge in [0.1, 0.15) is 0 Å². The van der Waals surface area contributed by atoms with Gasteiger partial charge in [-0.3, -0.25) is 9.69 Å². The van der Waals surface area contributed by atoms with Crippen LogP contribution in [0.4, 0.5) is 5.69 Å². The van der Waals surface area contributed by atoms with Crippen LogP contribution in [0.3, 0.4) is 0 Å². The second-order valence-corrected chi connectivity index (χ2v) is 8.66. The first-order chi connectivity index (χ1) is 13.4. The summed E-state index contributed by atoms with van der Waals surface area (Å²) in [6.45, 7) is 9.15. The van der Waals surface area contributed by atoms with Crippen molar-refractivity contribution in [3.8, 4) is 0 Å². The van der Waals surface area contributed by atoms with Gasteiger partial charge in [-0.05, 0) is 52.9 Å². The Labute approximate surface area is 173 Å². The highest BCUT2D eigenvalue weighted by Crippen LogP contribution is 2.28. The smallest absolute Gasteiger partial charge is 0.237 e. The first kappa shape index (κ1) is 22.4. The lowest BCUT2D eigenvalue weighted by Crippen LogP contribution is -2.24. The molecule has 2 aromatic rings. The van der Waals surface area contributed by atoms with Crippen LogP contribution >= 0.6 is 11.8 Å². The first-order valence-electron chi connectivity index (χ1n) is 10.0. The number of nitrogens with one attached hydrogen (secondary N) is 1. The zero-order valence-electron chi connectivity index (χ0n) is 17.9. The van der Waals surface area contributed by atoms with Crippen molar-refractivity contribution >= 4 is 23.4 Å².